The van der Waals surface area contributed by atoms with Crippen molar-refractivity contribution in [2.24, 2.45) is 10.6 Å². The summed E-state index contributed by atoms with van der Waals surface area (Å²) in [7, 11) is 1.25. The van der Waals surface area contributed by atoms with Crippen LogP contribution in [0.2, 0.25) is 0 Å². The van der Waals surface area contributed by atoms with Crippen molar-refractivity contribution < 1.29 is 18.4 Å². The zero-order valence-electron chi connectivity index (χ0n) is 10.6. The normalized spacial score (nSPS) is 13.7. The Morgan fingerprint density at radius 1 is 1.32 bits per heavy atom. The van der Waals surface area contributed by atoms with Gasteiger partial charge in [-0.15, -0.1) is 0 Å². The monoisotopic (exact) mass is 356 g/mol. The molecule has 19 heavy (non-hydrogen) atoms. The molecule has 0 radical (unpaired) electrons. The van der Waals surface area contributed by atoms with Crippen molar-refractivity contribution in [3.8, 4) is 0 Å². The second kappa shape index (κ2) is 7.15. The van der Waals surface area contributed by atoms with Crippen molar-refractivity contribution in [3.05, 3.63) is 0 Å². The zero-order valence-corrected chi connectivity index (χ0v) is 13.7. The van der Waals surface area contributed by atoms with Crippen molar-refractivity contribution in [1.82, 2.24) is 4.31 Å². The lowest BCUT2D eigenvalue weighted by Gasteiger charge is -2.21. The van der Waals surface area contributed by atoms with E-state index < -0.39 is 26.8 Å². The Hall–Kier alpha value is 0.0200. The van der Waals surface area contributed by atoms with Crippen LogP contribution in [0.25, 0.3) is 0 Å². The van der Waals surface area contributed by atoms with Gasteiger partial charge in [-0.2, -0.15) is 0 Å². The van der Waals surface area contributed by atoms with Crippen molar-refractivity contribution in [2.45, 2.75) is 30.3 Å². The highest BCUT2D eigenvalue weighted by atomic mass is 35.6. The Morgan fingerprint density at radius 3 is 2.11 bits per heavy atom. The van der Waals surface area contributed by atoms with Crippen LogP contribution in [0.3, 0.4) is 0 Å². The number of hydrogen-bond donors (Lipinski definition) is 0. The van der Waals surface area contributed by atoms with Gasteiger partial charge in [0, 0.05) is 24.4 Å². The molecule has 0 spiro atoms. The molecular formula is C9H13Cl3F2N2O2S. The molecule has 112 valence electrons. The molecule has 0 atom stereocenters. The predicted octanol–water partition coefficient (Wildman–Crippen LogP) is 4.70. The maximum Gasteiger partial charge on any atom is 0.445 e. The largest absolute Gasteiger partial charge is 0.445 e. The van der Waals surface area contributed by atoms with Gasteiger partial charge in [0.25, 0.3) is 9.55 Å². The topological polar surface area (TPSA) is 41.9 Å². The summed E-state index contributed by atoms with van der Waals surface area (Å²) < 4.78 is 24.5. The molecule has 4 nitrogen and oxygen atoms in total. The van der Waals surface area contributed by atoms with Crippen LogP contribution in [0.1, 0.15) is 20.8 Å². The maximum atomic E-state index is 12.7. The van der Waals surface area contributed by atoms with Gasteiger partial charge >= 0.3 is 6.09 Å². The van der Waals surface area contributed by atoms with Crippen LogP contribution in [-0.4, -0.2) is 32.7 Å². The van der Waals surface area contributed by atoms with E-state index in [4.69, 9.17) is 34.8 Å². The first kappa shape index (κ1) is 19.0. The van der Waals surface area contributed by atoms with E-state index in [0.29, 0.717) is 11.9 Å². The van der Waals surface area contributed by atoms with Crippen molar-refractivity contribution in [3.63, 3.8) is 0 Å². The van der Waals surface area contributed by atoms with Gasteiger partial charge in [0.1, 0.15) is 5.71 Å². The number of nitrogens with zero attached hydrogens (tertiary/aromatic N) is 2. The van der Waals surface area contributed by atoms with Gasteiger partial charge in [-0.05, 0) is 0 Å². The molecule has 0 fully saturated rings. The fourth-order valence-electron chi connectivity index (χ4n) is 0.842. The summed E-state index contributed by atoms with van der Waals surface area (Å²) in [6.45, 7) is 4.56. The summed E-state index contributed by atoms with van der Waals surface area (Å²) in [5.41, 5.74) is -1.48. The van der Waals surface area contributed by atoms with E-state index in [1.807, 2.05) is 0 Å². The molecule has 0 aliphatic heterocycles. The van der Waals surface area contributed by atoms with Crippen LogP contribution in [0.5, 0.6) is 0 Å². The first-order chi connectivity index (χ1) is 8.34. The lowest BCUT2D eigenvalue weighted by atomic mass is 9.90. The minimum Gasteiger partial charge on any atom is -0.297 e. The highest BCUT2D eigenvalue weighted by Gasteiger charge is 2.30. The number of halogens is 5. The summed E-state index contributed by atoms with van der Waals surface area (Å²) >= 11 is 16.9. The Kier molecular flexibility index (Phi) is 7.16. The second-order valence-corrected chi connectivity index (χ2v) is 8.72. The molecule has 0 aromatic rings. The third kappa shape index (κ3) is 8.02. The molecule has 0 heterocycles. The van der Waals surface area contributed by atoms with Gasteiger partial charge in [-0.25, -0.2) is 17.9 Å². The zero-order chi connectivity index (χ0) is 15.4. The number of oxime groups is 1. The highest BCUT2D eigenvalue weighted by molar-refractivity contribution is 8.03. The fraction of sp³-hybridized carbons (Fsp3) is 0.778. The van der Waals surface area contributed by atoms with Crippen molar-refractivity contribution >= 4 is 58.6 Å². The predicted molar refractivity (Wildman–Crippen MR) is 75.0 cm³/mol. The Bertz CT molecular complexity index is 356. The average Bonchev–Trinajstić information content (AvgIpc) is 2.11. The standard InChI is InChI=1S/C9H13Cl3F2N2O2S/c1-8(2,3)5(6(13)14)15-18-7(17)16(4)19-9(10,11)12/h6H,1-4H3. The van der Waals surface area contributed by atoms with Crippen LogP contribution >= 0.6 is 46.8 Å². The lowest BCUT2D eigenvalue weighted by Crippen LogP contribution is -2.29. The third-order valence-corrected chi connectivity index (χ3v) is 2.95. The molecule has 0 unspecified atom stereocenters. The highest BCUT2D eigenvalue weighted by Crippen LogP contribution is 2.40. The second-order valence-electron chi connectivity index (χ2n) is 4.42. The number of rotatable bonds is 3. The first-order valence-electron chi connectivity index (χ1n) is 4.91. The molecule has 0 saturated carbocycles. The van der Waals surface area contributed by atoms with Crippen molar-refractivity contribution in [2.75, 3.05) is 7.05 Å². The maximum absolute atomic E-state index is 12.7. The van der Waals surface area contributed by atoms with Crippen LogP contribution in [0, 0.1) is 5.41 Å². The van der Waals surface area contributed by atoms with Crippen molar-refractivity contribution in [1.29, 1.82) is 0 Å². The molecular weight excluding hydrogens is 345 g/mol. The summed E-state index contributed by atoms with van der Waals surface area (Å²) in [5.74, 6) is 0. The van der Waals surface area contributed by atoms with Gasteiger partial charge < -0.3 is 0 Å². The van der Waals surface area contributed by atoms with E-state index >= 15 is 0 Å². The molecule has 0 aliphatic rings. The van der Waals surface area contributed by atoms with E-state index in [1.165, 1.54) is 27.8 Å². The number of amides is 1. The first-order valence-corrected chi connectivity index (χ1v) is 6.82. The minimum absolute atomic E-state index is 0.531. The molecule has 0 bridgehead atoms. The van der Waals surface area contributed by atoms with E-state index in [1.54, 1.807) is 0 Å². The number of alkyl halides is 5. The minimum atomic E-state index is -2.83. The van der Waals surface area contributed by atoms with E-state index in [-0.39, 0.29) is 0 Å². The van der Waals surface area contributed by atoms with Gasteiger partial charge in [0.15, 0.2) is 0 Å². The van der Waals surface area contributed by atoms with Gasteiger partial charge in [0.2, 0.25) is 0 Å². The molecule has 0 aromatic carbocycles. The molecule has 0 saturated heterocycles. The number of hydrogen-bond acceptors (Lipinski definition) is 4. The summed E-state index contributed by atoms with van der Waals surface area (Å²) in [6, 6.07) is 0. The Labute approximate surface area is 129 Å². The average molecular weight is 358 g/mol. The Morgan fingerprint density at radius 2 is 1.79 bits per heavy atom. The SMILES string of the molecule is CN(SC(Cl)(Cl)Cl)C(=O)ON=C(C(F)F)C(C)(C)C. The van der Waals surface area contributed by atoms with E-state index in [0.717, 1.165) is 4.31 Å². The molecule has 10 heteroatoms. The van der Waals surface area contributed by atoms with E-state index in [9.17, 15) is 13.6 Å². The molecule has 0 aromatic heterocycles. The summed E-state index contributed by atoms with van der Waals surface area (Å²) in [6.07, 6.45) is -3.86. The number of carbonyl (C=O) groups is 1. The molecule has 0 aliphatic carbocycles. The number of carbonyl (C=O) groups excluding carboxylic acids is 1. The summed E-state index contributed by atoms with van der Waals surface area (Å²) in [4.78, 5) is 15.8. The van der Waals surface area contributed by atoms with Gasteiger partial charge in [0.05, 0.1) is 0 Å². The quantitative estimate of drug-likeness (QED) is 0.242. The molecule has 0 N–H and O–H groups in total. The van der Waals surface area contributed by atoms with Crippen LogP contribution in [0.15, 0.2) is 5.16 Å². The van der Waals surface area contributed by atoms with Crippen LogP contribution in [-0.2, 0) is 4.84 Å². The molecule has 0 rings (SSSR count). The van der Waals surface area contributed by atoms with Gasteiger partial charge in [-0.1, -0.05) is 60.7 Å². The van der Waals surface area contributed by atoms with E-state index in [2.05, 4.69) is 9.99 Å². The Balaban J connectivity index is 4.72. The van der Waals surface area contributed by atoms with Crippen LogP contribution < -0.4 is 0 Å². The van der Waals surface area contributed by atoms with Gasteiger partial charge in [-0.3, -0.25) is 4.84 Å². The molecule has 1 amide bonds. The fourth-order valence-corrected chi connectivity index (χ4v) is 2.19. The smallest absolute Gasteiger partial charge is 0.297 e. The summed E-state index contributed by atoms with van der Waals surface area (Å²) in [5, 5.41) is 3.18. The third-order valence-electron chi connectivity index (χ3n) is 1.69. The lowest BCUT2D eigenvalue weighted by molar-refractivity contribution is 0.130. The van der Waals surface area contributed by atoms with Crippen LogP contribution in [0.4, 0.5) is 13.6 Å².